The largest absolute Gasteiger partial charge is 0.389 e. The molecule has 1 aliphatic heterocycles. The van der Waals surface area contributed by atoms with Crippen LogP contribution in [0.15, 0.2) is 91.0 Å². The maximum atomic E-state index is 11.9. The first-order chi connectivity index (χ1) is 14.5. The van der Waals surface area contributed by atoms with Crippen LogP contribution in [0.2, 0.25) is 0 Å². The van der Waals surface area contributed by atoms with Crippen molar-refractivity contribution in [2.45, 2.75) is 36.1 Å². The zero-order valence-electron chi connectivity index (χ0n) is 16.8. The molecule has 0 aliphatic carbocycles. The number of aliphatic hydroxyl groups excluding tert-OH is 2. The Morgan fingerprint density at radius 3 is 1.60 bits per heavy atom. The average molecular weight is 406 g/mol. The van der Waals surface area contributed by atoms with Gasteiger partial charge in [0.15, 0.2) is 0 Å². The topological polar surface area (TPSA) is 79.2 Å². The molecule has 3 N–H and O–H groups in total. The number of aliphatic hydroxyl groups is 3. The summed E-state index contributed by atoms with van der Waals surface area (Å²) < 4.78 is 10.7. The Morgan fingerprint density at radius 2 is 1.27 bits per heavy atom. The Kier molecular flexibility index (Phi) is 5.73. The van der Waals surface area contributed by atoms with E-state index < -0.39 is 29.7 Å². The SMILES string of the molecule is CO[C@]1(O)O[C@H](C(O)C(c2ccccc2)(c2ccccc2)c2ccccc2)C[C@H]1O. The lowest BCUT2D eigenvalue weighted by Crippen LogP contribution is -2.49. The summed E-state index contributed by atoms with van der Waals surface area (Å²) in [6.07, 6.45) is -3.24. The molecule has 1 unspecified atom stereocenters. The van der Waals surface area contributed by atoms with Crippen LogP contribution in [-0.2, 0) is 14.9 Å². The monoisotopic (exact) mass is 406 g/mol. The maximum Gasteiger partial charge on any atom is 0.308 e. The lowest BCUT2D eigenvalue weighted by Gasteiger charge is -2.42. The van der Waals surface area contributed by atoms with Crippen LogP contribution >= 0.6 is 0 Å². The Morgan fingerprint density at radius 1 is 0.867 bits per heavy atom. The second kappa shape index (κ2) is 8.30. The van der Waals surface area contributed by atoms with E-state index in [4.69, 9.17) is 9.47 Å². The first-order valence-electron chi connectivity index (χ1n) is 10.0. The maximum absolute atomic E-state index is 11.9. The van der Waals surface area contributed by atoms with Gasteiger partial charge >= 0.3 is 5.97 Å². The highest BCUT2D eigenvalue weighted by atomic mass is 16.8. The molecule has 0 bridgehead atoms. The van der Waals surface area contributed by atoms with E-state index in [1.54, 1.807) is 0 Å². The number of hydrogen-bond acceptors (Lipinski definition) is 5. The molecule has 5 heteroatoms. The lowest BCUT2D eigenvalue weighted by molar-refractivity contribution is -0.370. The molecule has 1 saturated heterocycles. The molecule has 0 amide bonds. The third kappa shape index (κ3) is 3.35. The van der Waals surface area contributed by atoms with E-state index in [0.29, 0.717) is 0 Å². The number of benzene rings is 3. The van der Waals surface area contributed by atoms with E-state index in [0.717, 1.165) is 16.7 Å². The van der Waals surface area contributed by atoms with Crippen molar-refractivity contribution >= 4 is 0 Å². The third-order valence-corrected chi connectivity index (χ3v) is 5.97. The van der Waals surface area contributed by atoms with Gasteiger partial charge in [-0.25, -0.2) is 0 Å². The van der Waals surface area contributed by atoms with Gasteiger partial charge in [0.25, 0.3) is 0 Å². The van der Waals surface area contributed by atoms with Crippen LogP contribution < -0.4 is 0 Å². The molecule has 0 aromatic heterocycles. The molecule has 0 spiro atoms. The Balaban J connectivity index is 1.94. The van der Waals surface area contributed by atoms with Crippen LogP contribution in [-0.4, -0.2) is 46.7 Å². The van der Waals surface area contributed by atoms with Gasteiger partial charge in [0.2, 0.25) is 0 Å². The number of rotatable bonds is 6. The van der Waals surface area contributed by atoms with Crippen LogP contribution in [0.25, 0.3) is 0 Å². The Hall–Kier alpha value is -2.54. The highest BCUT2D eigenvalue weighted by Gasteiger charge is 2.55. The van der Waals surface area contributed by atoms with Crippen LogP contribution in [0.5, 0.6) is 0 Å². The lowest BCUT2D eigenvalue weighted by atomic mass is 9.64. The van der Waals surface area contributed by atoms with Gasteiger partial charge < -0.3 is 24.8 Å². The van der Waals surface area contributed by atoms with Gasteiger partial charge in [-0.3, -0.25) is 0 Å². The molecule has 30 heavy (non-hydrogen) atoms. The van der Waals surface area contributed by atoms with E-state index in [-0.39, 0.29) is 6.42 Å². The summed E-state index contributed by atoms with van der Waals surface area (Å²) in [6.45, 7) is 0. The van der Waals surface area contributed by atoms with Crippen molar-refractivity contribution in [3.8, 4) is 0 Å². The van der Waals surface area contributed by atoms with Crippen molar-refractivity contribution in [3.05, 3.63) is 108 Å². The quantitative estimate of drug-likeness (QED) is 0.433. The molecular formula is C25H26O5. The summed E-state index contributed by atoms with van der Waals surface area (Å²) in [5, 5.41) is 32.7. The minimum Gasteiger partial charge on any atom is -0.389 e. The zero-order valence-corrected chi connectivity index (χ0v) is 16.8. The molecule has 156 valence electrons. The van der Waals surface area contributed by atoms with Gasteiger partial charge in [-0.15, -0.1) is 0 Å². The van der Waals surface area contributed by atoms with Crippen LogP contribution in [0.1, 0.15) is 23.1 Å². The van der Waals surface area contributed by atoms with Crippen molar-refractivity contribution in [2.24, 2.45) is 0 Å². The Bertz CT molecular complexity index is 850. The standard InChI is InChI=1S/C25H26O5/c1-29-25(28)22(26)17-21(30-25)23(27)24(18-11-5-2-6-12-18,19-13-7-3-8-14-19)20-15-9-4-10-16-20/h2-16,21-23,26-28H,17H2,1H3/t21-,22+,23?,25-/m0/s1. The van der Waals surface area contributed by atoms with Crippen molar-refractivity contribution in [1.29, 1.82) is 0 Å². The minimum absolute atomic E-state index is 0.0275. The van der Waals surface area contributed by atoms with E-state index in [1.165, 1.54) is 7.11 Å². The predicted octanol–water partition coefficient (Wildman–Crippen LogP) is 2.82. The summed E-state index contributed by atoms with van der Waals surface area (Å²) >= 11 is 0. The summed E-state index contributed by atoms with van der Waals surface area (Å²) in [5.74, 6) is -2.15. The fourth-order valence-electron chi connectivity index (χ4n) is 4.48. The van der Waals surface area contributed by atoms with Crippen LogP contribution in [0.4, 0.5) is 0 Å². The zero-order chi connectivity index (χ0) is 21.2. The number of ether oxygens (including phenoxy) is 2. The second-order valence-corrected chi connectivity index (χ2v) is 7.59. The highest BCUT2D eigenvalue weighted by molar-refractivity contribution is 5.52. The predicted molar refractivity (Wildman–Crippen MR) is 113 cm³/mol. The number of methoxy groups -OCH3 is 1. The molecule has 4 rings (SSSR count). The van der Waals surface area contributed by atoms with Gasteiger partial charge in [0, 0.05) is 13.5 Å². The molecule has 3 aromatic rings. The van der Waals surface area contributed by atoms with Gasteiger partial charge in [0.05, 0.1) is 17.6 Å². The van der Waals surface area contributed by atoms with Crippen molar-refractivity contribution in [2.75, 3.05) is 7.11 Å². The van der Waals surface area contributed by atoms with E-state index in [1.807, 2.05) is 91.0 Å². The third-order valence-electron chi connectivity index (χ3n) is 5.97. The first-order valence-corrected chi connectivity index (χ1v) is 10.0. The van der Waals surface area contributed by atoms with Gasteiger partial charge in [-0.05, 0) is 16.7 Å². The molecule has 3 aromatic carbocycles. The van der Waals surface area contributed by atoms with E-state index in [9.17, 15) is 15.3 Å². The van der Waals surface area contributed by atoms with Gasteiger partial charge in [0.1, 0.15) is 6.10 Å². The van der Waals surface area contributed by atoms with Crippen molar-refractivity contribution < 1.29 is 24.8 Å². The molecule has 5 nitrogen and oxygen atoms in total. The van der Waals surface area contributed by atoms with Gasteiger partial charge in [-0.1, -0.05) is 91.0 Å². The van der Waals surface area contributed by atoms with E-state index >= 15 is 0 Å². The van der Waals surface area contributed by atoms with E-state index in [2.05, 4.69) is 0 Å². The summed E-state index contributed by atoms with van der Waals surface area (Å²) in [7, 11) is 1.26. The first kappa shape index (κ1) is 20.7. The molecule has 1 fully saturated rings. The number of hydrogen-bond donors (Lipinski definition) is 3. The molecule has 0 radical (unpaired) electrons. The summed E-state index contributed by atoms with van der Waals surface area (Å²) in [5.41, 5.74) is 1.63. The minimum atomic E-state index is -2.15. The molecule has 0 saturated carbocycles. The summed E-state index contributed by atoms with van der Waals surface area (Å²) in [4.78, 5) is 0. The van der Waals surface area contributed by atoms with Crippen LogP contribution in [0.3, 0.4) is 0 Å². The Labute approximate surface area is 176 Å². The van der Waals surface area contributed by atoms with Crippen LogP contribution in [0, 0.1) is 0 Å². The molecule has 1 aliphatic rings. The normalized spacial score (nSPS) is 25.2. The van der Waals surface area contributed by atoms with Crippen molar-refractivity contribution in [1.82, 2.24) is 0 Å². The molecular weight excluding hydrogens is 380 g/mol. The fourth-order valence-corrected chi connectivity index (χ4v) is 4.48. The highest BCUT2D eigenvalue weighted by Crippen LogP contribution is 2.46. The molecule has 1 heterocycles. The second-order valence-electron chi connectivity index (χ2n) is 7.59. The van der Waals surface area contributed by atoms with Crippen molar-refractivity contribution in [3.63, 3.8) is 0 Å². The molecule has 4 atom stereocenters. The smallest absolute Gasteiger partial charge is 0.308 e. The summed E-state index contributed by atoms with van der Waals surface area (Å²) in [6, 6.07) is 29.2. The average Bonchev–Trinajstić information content (AvgIpc) is 3.11. The van der Waals surface area contributed by atoms with Gasteiger partial charge in [-0.2, -0.15) is 0 Å². The fraction of sp³-hybridized carbons (Fsp3) is 0.280.